The Labute approximate surface area is 127 Å². The molecule has 0 bridgehead atoms. The number of aromatic nitrogens is 2. The number of hydrogen-bond donors (Lipinski definition) is 1. The molecule has 6 nitrogen and oxygen atoms in total. The molecule has 1 aliphatic rings. The van der Waals surface area contributed by atoms with E-state index >= 15 is 0 Å². The summed E-state index contributed by atoms with van der Waals surface area (Å²) in [5.41, 5.74) is 5.95. The lowest BCUT2D eigenvalue weighted by Crippen LogP contribution is -2.40. The molecular formula is C15H27N5O. The molecule has 21 heavy (non-hydrogen) atoms. The van der Waals surface area contributed by atoms with Crippen LogP contribution in [0.4, 0.5) is 11.6 Å². The van der Waals surface area contributed by atoms with Crippen LogP contribution in [0.25, 0.3) is 0 Å². The zero-order valence-electron chi connectivity index (χ0n) is 13.4. The number of nitrogens with zero attached hydrogens (tertiary/aromatic N) is 4. The van der Waals surface area contributed by atoms with E-state index in [0.717, 1.165) is 38.3 Å². The standard InChI is InChI=1S/C15H27N5O/c1-4-12-10-19(3)7-6-8-20(12)15-9-13(16)17-14(18-15)11-21-5-2/h9,12H,4-8,10-11H2,1-3H3,(H2,16,17,18). The summed E-state index contributed by atoms with van der Waals surface area (Å²) in [6, 6.07) is 2.34. The monoisotopic (exact) mass is 293 g/mol. The highest BCUT2D eigenvalue weighted by atomic mass is 16.5. The van der Waals surface area contributed by atoms with Crippen molar-refractivity contribution in [3.8, 4) is 0 Å². The summed E-state index contributed by atoms with van der Waals surface area (Å²) >= 11 is 0. The maximum atomic E-state index is 5.95. The number of likely N-dealkylation sites (N-methyl/N-ethyl adjacent to an activating group) is 1. The summed E-state index contributed by atoms with van der Waals surface area (Å²) < 4.78 is 5.40. The molecule has 0 amide bonds. The van der Waals surface area contributed by atoms with E-state index in [-0.39, 0.29) is 0 Å². The molecule has 0 radical (unpaired) electrons. The van der Waals surface area contributed by atoms with Gasteiger partial charge in [-0.2, -0.15) is 0 Å². The minimum atomic E-state index is 0.416. The van der Waals surface area contributed by atoms with Crippen LogP contribution < -0.4 is 10.6 Å². The van der Waals surface area contributed by atoms with E-state index in [1.54, 1.807) is 0 Å². The quantitative estimate of drug-likeness (QED) is 0.887. The fraction of sp³-hybridized carbons (Fsp3) is 0.733. The molecule has 2 heterocycles. The molecule has 1 aromatic heterocycles. The van der Waals surface area contributed by atoms with E-state index in [2.05, 4.69) is 33.7 Å². The van der Waals surface area contributed by atoms with Crippen LogP contribution in [-0.2, 0) is 11.3 Å². The predicted octanol–water partition coefficient (Wildman–Crippen LogP) is 1.52. The Morgan fingerprint density at radius 3 is 2.86 bits per heavy atom. The minimum Gasteiger partial charge on any atom is -0.384 e. The highest BCUT2D eigenvalue weighted by molar-refractivity contribution is 5.48. The molecule has 1 unspecified atom stereocenters. The Morgan fingerprint density at radius 1 is 1.33 bits per heavy atom. The van der Waals surface area contributed by atoms with Crippen LogP contribution in [0.2, 0.25) is 0 Å². The Morgan fingerprint density at radius 2 is 2.14 bits per heavy atom. The lowest BCUT2D eigenvalue weighted by atomic mass is 10.2. The second-order valence-electron chi connectivity index (χ2n) is 5.58. The molecule has 1 aromatic rings. The number of rotatable bonds is 5. The van der Waals surface area contributed by atoms with Crippen molar-refractivity contribution < 1.29 is 4.74 Å². The molecule has 0 saturated carbocycles. The number of anilines is 2. The fourth-order valence-corrected chi connectivity index (χ4v) is 2.80. The zero-order chi connectivity index (χ0) is 15.2. The van der Waals surface area contributed by atoms with Gasteiger partial charge in [-0.3, -0.25) is 0 Å². The Balaban J connectivity index is 2.23. The third-order valence-electron chi connectivity index (χ3n) is 3.88. The molecule has 0 spiro atoms. The van der Waals surface area contributed by atoms with E-state index in [1.165, 1.54) is 0 Å². The Kier molecular flexibility index (Phi) is 5.76. The molecule has 1 fully saturated rings. The van der Waals surface area contributed by atoms with Gasteiger partial charge in [-0.15, -0.1) is 0 Å². The summed E-state index contributed by atoms with van der Waals surface area (Å²) in [6.45, 7) is 8.44. The molecule has 2 rings (SSSR count). The molecule has 0 aliphatic carbocycles. The zero-order valence-corrected chi connectivity index (χ0v) is 13.4. The molecule has 1 aliphatic heterocycles. The van der Waals surface area contributed by atoms with Gasteiger partial charge < -0.3 is 20.3 Å². The van der Waals surface area contributed by atoms with Crippen LogP contribution in [0.5, 0.6) is 0 Å². The first-order chi connectivity index (χ1) is 10.1. The van der Waals surface area contributed by atoms with E-state index in [9.17, 15) is 0 Å². The number of ether oxygens (including phenoxy) is 1. The maximum Gasteiger partial charge on any atom is 0.158 e. The van der Waals surface area contributed by atoms with Gasteiger partial charge in [-0.1, -0.05) is 6.92 Å². The Hall–Kier alpha value is -1.40. The van der Waals surface area contributed by atoms with Crippen LogP contribution in [0, 0.1) is 0 Å². The average molecular weight is 293 g/mol. The number of nitrogens with two attached hydrogens (primary N) is 1. The number of nitrogen functional groups attached to an aromatic ring is 1. The van der Waals surface area contributed by atoms with Crippen molar-refractivity contribution in [2.45, 2.75) is 39.3 Å². The van der Waals surface area contributed by atoms with Gasteiger partial charge in [0.2, 0.25) is 0 Å². The summed E-state index contributed by atoms with van der Waals surface area (Å²) in [6.07, 6.45) is 2.23. The first kappa shape index (κ1) is 16.0. The van der Waals surface area contributed by atoms with Gasteiger partial charge in [-0.25, -0.2) is 9.97 Å². The average Bonchev–Trinajstić information content (AvgIpc) is 2.65. The second kappa shape index (κ2) is 7.56. The van der Waals surface area contributed by atoms with Gasteiger partial charge in [0.1, 0.15) is 18.2 Å². The largest absolute Gasteiger partial charge is 0.384 e. The van der Waals surface area contributed by atoms with Crippen molar-refractivity contribution in [3.05, 3.63) is 11.9 Å². The van der Waals surface area contributed by atoms with Crippen LogP contribution >= 0.6 is 0 Å². The highest BCUT2D eigenvalue weighted by Gasteiger charge is 2.23. The summed E-state index contributed by atoms with van der Waals surface area (Å²) in [5, 5.41) is 0. The maximum absolute atomic E-state index is 5.95. The third-order valence-corrected chi connectivity index (χ3v) is 3.88. The molecule has 0 aromatic carbocycles. The molecule has 6 heteroatoms. The first-order valence-corrected chi connectivity index (χ1v) is 7.80. The Bertz CT molecular complexity index is 454. The van der Waals surface area contributed by atoms with Crippen molar-refractivity contribution in [2.24, 2.45) is 0 Å². The van der Waals surface area contributed by atoms with E-state index in [1.807, 2.05) is 13.0 Å². The molecule has 1 atom stereocenters. The van der Waals surface area contributed by atoms with Crippen molar-refractivity contribution in [2.75, 3.05) is 43.9 Å². The van der Waals surface area contributed by atoms with Crippen molar-refractivity contribution in [3.63, 3.8) is 0 Å². The van der Waals surface area contributed by atoms with Gasteiger partial charge in [0.25, 0.3) is 0 Å². The molecule has 118 valence electrons. The molecule has 2 N–H and O–H groups in total. The van der Waals surface area contributed by atoms with Crippen molar-refractivity contribution >= 4 is 11.6 Å². The smallest absolute Gasteiger partial charge is 0.158 e. The normalized spacial score (nSPS) is 20.5. The van der Waals surface area contributed by atoms with Crippen LogP contribution in [0.3, 0.4) is 0 Å². The van der Waals surface area contributed by atoms with Crippen LogP contribution in [0.1, 0.15) is 32.5 Å². The van der Waals surface area contributed by atoms with E-state index in [0.29, 0.717) is 30.9 Å². The van der Waals surface area contributed by atoms with Gasteiger partial charge in [0, 0.05) is 31.8 Å². The topological polar surface area (TPSA) is 67.5 Å². The predicted molar refractivity (Wildman–Crippen MR) is 85.3 cm³/mol. The van der Waals surface area contributed by atoms with Gasteiger partial charge >= 0.3 is 0 Å². The SMILES string of the molecule is CCOCc1nc(N)cc(N2CCCN(C)CC2CC)n1. The summed E-state index contributed by atoms with van der Waals surface area (Å²) in [7, 11) is 2.18. The van der Waals surface area contributed by atoms with Gasteiger partial charge in [0.15, 0.2) is 5.82 Å². The van der Waals surface area contributed by atoms with Gasteiger partial charge in [-0.05, 0) is 33.4 Å². The lowest BCUT2D eigenvalue weighted by Gasteiger charge is -2.31. The minimum absolute atomic E-state index is 0.416. The molecule has 1 saturated heterocycles. The van der Waals surface area contributed by atoms with Crippen molar-refractivity contribution in [1.29, 1.82) is 0 Å². The van der Waals surface area contributed by atoms with Crippen LogP contribution in [-0.4, -0.2) is 54.2 Å². The van der Waals surface area contributed by atoms with Crippen LogP contribution in [0.15, 0.2) is 6.07 Å². The first-order valence-electron chi connectivity index (χ1n) is 7.80. The van der Waals surface area contributed by atoms with Gasteiger partial charge in [0.05, 0.1) is 0 Å². The third kappa shape index (κ3) is 4.28. The van der Waals surface area contributed by atoms with E-state index < -0.39 is 0 Å². The lowest BCUT2D eigenvalue weighted by molar-refractivity contribution is 0.128. The second-order valence-corrected chi connectivity index (χ2v) is 5.58. The molecular weight excluding hydrogens is 266 g/mol. The highest BCUT2D eigenvalue weighted by Crippen LogP contribution is 2.21. The summed E-state index contributed by atoms with van der Waals surface area (Å²) in [5.74, 6) is 2.11. The number of hydrogen-bond acceptors (Lipinski definition) is 6. The van der Waals surface area contributed by atoms with E-state index in [4.69, 9.17) is 10.5 Å². The summed E-state index contributed by atoms with van der Waals surface area (Å²) in [4.78, 5) is 13.7. The fourth-order valence-electron chi connectivity index (χ4n) is 2.80. The van der Waals surface area contributed by atoms with Crippen molar-refractivity contribution in [1.82, 2.24) is 14.9 Å².